The summed E-state index contributed by atoms with van der Waals surface area (Å²) in [5.41, 5.74) is 0. The quantitative estimate of drug-likeness (QED) is 0.0321. The van der Waals surface area contributed by atoms with E-state index in [4.69, 9.17) is 4.74 Å². The number of nitrogens with one attached hydrogen (secondary N) is 1. The first-order chi connectivity index (χ1) is 32.5. The SMILES string of the molecule is CCCCCC/C=C\C/C=C\CCCCCCCCCC(=O)OCCCCCCCC/C=C\C/C=C\CCC(=O)NC(CO)C(O)/C=C/CCCCCCCCCCCCCCCCCC. The summed E-state index contributed by atoms with van der Waals surface area (Å²) in [5, 5.41) is 23.1. The molecule has 0 aliphatic carbocycles. The lowest BCUT2D eigenvalue weighted by Crippen LogP contribution is -2.45. The van der Waals surface area contributed by atoms with Gasteiger partial charge in [0.1, 0.15) is 0 Å². The molecule has 6 heteroatoms. The summed E-state index contributed by atoms with van der Waals surface area (Å²) in [5.74, 6) is -0.175. The van der Waals surface area contributed by atoms with E-state index in [0.717, 1.165) is 57.8 Å². The van der Waals surface area contributed by atoms with E-state index in [0.29, 0.717) is 25.9 Å². The molecule has 0 fully saturated rings. The van der Waals surface area contributed by atoms with Gasteiger partial charge in [0.15, 0.2) is 0 Å². The highest BCUT2D eigenvalue weighted by Gasteiger charge is 2.17. The first-order valence-corrected chi connectivity index (χ1v) is 28.6. The highest BCUT2D eigenvalue weighted by molar-refractivity contribution is 5.76. The Balaban J connectivity index is 3.58. The van der Waals surface area contributed by atoms with Crippen LogP contribution in [0.15, 0.2) is 60.8 Å². The molecule has 0 aliphatic heterocycles. The zero-order valence-electron chi connectivity index (χ0n) is 43.7. The maximum atomic E-state index is 12.4. The van der Waals surface area contributed by atoms with E-state index in [-0.39, 0.29) is 18.5 Å². The summed E-state index contributed by atoms with van der Waals surface area (Å²) in [6, 6.07) is -0.674. The number of allylic oxidation sites excluding steroid dienone is 9. The molecule has 2 unspecified atom stereocenters. The van der Waals surface area contributed by atoms with Gasteiger partial charge in [0, 0.05) is 12.8 Å². The predicted molar refractivity (Wildman–Crippen MR) is 287 cm³/mol. The number of aliphatic hydroxyl groups excluding tert-OH is 2. The first-order valence-electron chi connectivity index (χ1n) is 28.6. The van der Waals surface area contributed by atoms with Crippen molar-refractivity contribution in [3.05, 3.63) is 60.8 Å². The molecule has 0 bridgehead atoms. The Morgan fingerprint density at radius 1 is 0.424 bits per heavy atom. The van der Waals surface area contributed by atoms with Crippen LogP contribution in [0.5, 0.6) is 0 Å². The van der Waals surface area contributed by atoms with Crippen LogP contribution in [0, 0.1) is 0 Å². The van der Waals surface area contributed by atoms with Crippen LogP contribution in [-0.4, -0.2) is 47.4 Å². The molecule has 0 rings (SSSR count). The minimum Gasteiger partial charge on any atom is -0.466 e. The monoisotopic (exact) mass is 924 g/mol. The summed E-state index contributed by atoms with van der Waals surface area (Å²) < 4.78 is 5.46. The number of rotatable bonds is 52. The van der Waals surface area contributed by atoms with E-state index in [1.165, 1.54) is 193 Å². The van der Waals surface area contributed by atoms with Gasteiger partial charge in [-0.3, -0.25) is 9.59 Å². The number of aliphatic hydroxyl groups is 2. The Morgan fingerprint density at radius 3 is 1.20 bits per heavy atom. The molecular formula is C60H109NO5. The fourth-order valence-electron chi connectivity index (χ4n) is 8.36. The average molecular weight is 925 g/mol. The van der Waals surface area contributed by atoms with Crippen LogP contribution in [0.4, 0.5) is 0 Å². The number of amides is 1. The molecule has 1 amide bonds. The first kappa shape index (κ1) is 63.6. The molecule has 2 atom stereocenters. The lowest BCUT2D eigenvalue weighted by atomic mass is 10.0. The van der Waals surface area contributed by atoms with Gasteiger partial charge < -0.3 is 20.3 Å². The van der Waals surface area contributed by atoms with Gasteiger partial charge in [0.25, 0.3) is 0 Å². The molecule has 0 aromatic rings. The third-order valence-corrected chi connectivity index (χ3v) is 12.8. The van der Waals surface area contributed by atoms with E-state index in [1.807, 2.05) is 12.2 Å². The number of ether oxygens (including phenoxy) is 1. The van der Waals surface area contributed by atoms with Gasteiger partial charge in [-0.1, -0.05) is 248 Å². The van der Waals surface area contributed by atoms with Crippen molar-refractivity contribution >= 4 is 11.9 Å². The third kappa shape index (κ3) is 51.0. The van der Waals surface area contributed by atoms with Gasteiger partial charge in [-0.25, -0.2) is 0 Å². The maximum absolute atomic E-state index is 12.4. The zero-order valence-corrected chi connectivity index (χ0v) is 43.7. The average Bonchev–Trinajstić information content (AvgIpc) is 3.32. The standard InChI is InChI=1S/C60H109NO5/c1-3-5-7-9-11-13-15-17-19-21-23-25-28-32-36-40-44-48-52-58(63)57(56-62)61-59(64)53-49-45-41-37-33-29-27-31-35-39-43-47-51-55-66-60(65)54-50-46-42-38-34-30-26-24-22-20-18-16-14-12-10-8-6-4-2/h14,16,20,22,29,33,41,45,48,52,57-58,62-63H,3-13,15,17-19,21,23-28,30-32,34-40,42-44,46-47,49-51,53-56H2,1-2H3,(H,61,64)/b16-14-,22-20-,33-29-,45-41-,52-48+. The highest BCUT2D eigenvalue weighted by Crippen LogP contribution is 2.15. The van der Waals surface area contributed by atoms with Crippen molar-refractivity contribution in [2.45, 2.75) is 296 Å². The molecule has 0 aromatic carbocycles. The molecular weight excluding hydrogens is 815 g/mol. The Kier molecular flexibility index (Phi) is 53.1. The predicted octanol–water partition coefficient (Wildman–Crippen LogP) is 17.6. The van der Waals surface area contributed by atoms with E-state index >= 15 is 0 Å². The van der Waals surface area contributed by atoms with E-state index < -0.39 is 12.1 Å². The summed E-state index contributed by atoms with van der Waals surface area (Å²) >= 11 is 0. The molecule has 384 valence electrons. The van der Waals surface area contributed by atoms with Crippen LogP contribution in [0.25, 0.3) is 0 Å². The summed E-state index contributed by atoms with van der Waals surface area (Å²) in [6.07, 6.45) is 71.0. The van der Waals surface area contributed by atoms with E-state index in [9.17, 15) is 19.8 Å². The molecule has 66 heavy (non-hydrogen) atoms. The number of esters is 1. The van der Waals surface area contributed by atoms with Gasteiger partial charge in [0.2, 0.25) is 5.91 Å². The number of unbranched alkanes of at least 4 members (excludes halogenated alkanes) is 33. The van der Waals surface area contributed by atoms with E-state index in [1.54, 1.807) is 6.08 Å². The van der Waals surface area contributed by atoms with Crippen LogP contribution < -0.4 is 5.32 Å². The zero-order chi connectivity index (χ0) is 47.9. The molecule has 0 aromatic heterocycles. The molecule has 0 spiro atoms. The Labute approximate surface area is 409 Å². The molecule has 0 heterocycles. The Morgan fingerprint density at radius 2 is 0.773 bits per heavy atom. The fraction of sp³-hybridized carbons (Fsp3) is 0.800. The van der Waals surface area contributed by atoms with Crippen LogP contribution in [0.1, 0.15) is 284 Å². The Bertz CT molecular complexity index is 1160. The molecule has 0 aliphatic rings. The van der Waals surface area contributed by atoms with Crippen molar-refractivity contribution in [2.75, 3.05) is 13.2 Å². The maximum Gasteiger partial charge on any atom is 0.305 e. The van der Waals surface area contributed by atoms with Crippen molar-refractivity contribution in [1.82, 2.24) is 5.32 Å². The van der Waals surface area contributed by atoms with Gasteiger partial charge in [-0.15, -0.1) is 0 Å². The van der Waals surface area contributed by atoms with Gasteiger partial charge in [-0.05, 0) is 83.5 Å². The van der Waals surface area contributed by atoms with Crippen molar-refractivity contribution in [1.29, 1.82) is 0 Å². The largest absolute Gasteiger partial charge is 0.466 e. The summed E-state index contributed by atoms with van der Waals surface area (Å²) in [7, 11) is 0. The second-order valence-electron chi connectivity index (χ2n) is 19.3. The molecule has 0 saturated heterocycles. The van der Waals surface area contributed by atoms with Crippen LogP contribution in [0.3, 0.4) is 0 Å². The lowest BCUT2D eigenvalue weighted by Gasteiger charge is -2.19. The minimum atomic E-state index is -0.881. The van der Waals surface area contributed by atoms with Crippen LogP contribution in [-0.2, 0) is 14.3 Å². The second-order valence-corrected chi connectivity index (χ2v) is 19.3. The van der Waals surface area contributed by atoms with Gasteiger partial charge in [0.05, 0.1) is 25.4 Å². The van der Waals surface area contributed by atoms with E-state index in [2.05, 4.69) is 61.7 Å². The fourth-order valence-corrected chi connectivity index (χ4v) is 8.36. The second kappa shape index (κ2) is 55.2. The third-order valence-electron chi connectivity index (χ3n) is 12.8. The van der Waals surface area contributed by atoms with Crippen molar-refractivity contribution in [3.8, 4) is 0 Å². The molecule has 3 N–H and O–H groups in total. The number of carbonyl (C=O) groups is 2. The van der Waals surface area contributed by atoms with Crippen molar-refractivity contribution < 1.29 is 24.5 Å². The van der Waals surface area contributed by atoms with Crippen LogP contribution in [0.2, 0.25) is 0 Å². The number of hydrogen-bond donors (Lipinski definition) is 3. The molecule has 0 radical (unpaired) electrons. The van der Waals surface area contributed by atoms with Gasteiger partial charge >= 0.3 is 5.97 Å². The van der Waals surface area contributed by atoms with Crippen molar-refractivity contribution in [3.63, 3.8) is 0 Å². The van der Waals surface area contributed by atoms with Crippen molar-refractivity contribution in [2.24, 2.45) is 0 Å². The number of hydrogen-bond acceptors (Lipinski definition) is 5. The normalized spacial score (nSPS) is 13.1. The smallest absolute Gasteiger partial charge is 0.305 e. The summed E-state index contributed by atoms with van der Waals surface area (Å²) in [6.45, 7) is 4.82. The minimum absolute atomic E-state index is 0.0264. The lowest BCUT2D eigenvalue weighted by molar-refractivity contribution is -0.143. The summed E-state index contributed by atoms with van der Waals surface area (Å²) in [4.78, 5) is 24.5. The highest BCUT2D eigenvalue weighted by atomic mass is 16.5. The molecule has 6 nitrogen and oxygen atoms in total. The van der Waals surface area contributed by atoms with Crippen LogP contribution >= 0.6 is 0 Å². The molecule has 0 saturated carbocycles. The topological polar surface area (TPSA) is 95.9 Å². The Hall–Kier alpha value is -2.44. The van der Waals surface area contributed by atoms with Gasteiger partial charge in [-0.2, -0.15) is 0 Å². The number of carbonyl (C=O) groups excluding carboxylic acids is 2.